The molecule has 381 valence electrons. The number of para-hydroxylation sites is 6. The summed E-state index contributed by atoms with van der Waals surface area (Å²) in [5.41, 5.74) is 9.20. The fourth-order valence-corrected chi connectivity index (χ4v) is 10.4. The van der Waals surface area contributed by atoms with E-state index in [1.807, 2.05) is 54.6 Å². The Morgan fingerprint density at radius 2 is 1.14 bits per heavy atom. The van der Waals surface area contributed by atoms with Crippen LogP contribution in [-0.2, 0) is 26.3 Å². The molecule has 0 atom stereocenters. The van der Waals surface area contributed by atoms with Crippen LogP contribution in [0.15, 0.2) is 179 Å². The van der Waals surface area contributed by atoms with Crippen molar-refractivity contribution in [1.29, 1.82) is 5.26 Å². The first-order valence-electron chi connectivity index (χ1n) is 26.2. The predicted octanol–water partition coefficient (Wildman–Crippen LogP) is 18.0. The molecule has 13 rings (SSSR count). The number of aromatic nitrogens is 4. The van der Waals surface area contributed by atoms with Gasteiger partial charge < -0.3 is 18.0 Å². The number of aryl methyl sites for hydroxylation is 1. The van der Waals surface area contributed by atoms with Gasteiger partial charge in [-0.25, -0.2) is 4.39 Å². The zero-order valence-corrected chi connectivity index (χ0v) is 44.1. The first kappa shape index (κ1) is 46.9. The van der Waals surface area contributed by atoms with Crippen LogP contribution in [0.4, 0.5) is 17.6 Å². The van der Waals surface area contributed by atoms with Crippen molar-refractivity contribution in [2.45, 2.75) is 52.6 Å². The second-order valence-corrected chi connectivity index (χ2v) is 19.2. The molecule has 0 aliphatic carbocycles. The number of hydrogen-bond donors (Lipinski definition) is 0. The normalized spacial score (nSPS) is 12.6. The molecule has 0 amide bonds. The largest absolute Gasteiger partial charge is 0.500 e. The molecule has 0 N–H and O–H groups in total. The van der Waals surface area contributed by atoms with Crippen molar-refractivity contribution in [2.75, 3.05) is 0 Å². The van der Waals surface area contributed by atoms with E-state index in [1.54, 1.807) is 42.5 Å². The molecular formula is C65H45F4IrN5O2-2. The summed E-state index contributed by atoms with van der Waals surface area (Å²) in [4.78, 5) is 9.79. The monoisotopic (exact) mass is 1200 g/mol. The molecule has 0 aliphatic rings. The summed E-state index contributed by atoms with van der Waals surface area (Å²) in [6.07, 6.45) is -4.86. The minimum atomic E-state index is -4.86. The van der Waals surface area contributed by atoms with Gasteiger partial charge in [0, 0.05) is 52.3 Å². The van der Waals surface area contributed by atoms with Gasteiger partial charge in [-0.15, -0.1) is 36.4 Å². The maximum absolute atomic E-state index is 14.3. The van der Waals surface area contributed by atoms with Crippen molar-refractivity contribution in [1.82, 2.24) is 19.1 Å². The number of benzene rings is 9. The molecule has 13 aromatic rings. The van der Waals surface area contributed by atoms with Crippen LogP contribution in [0, 0.1) is 36.1 Å². The molecule has 7 nitrogen and oxygen atoms in total. The van der Waals surface area contributed by atoms with Gasteiger partial charge in [0.1, 0.15) is 28.6 Å². The minimum absolute atomic E-state index is 0. The summed E-state index contributed by atoms with van der Waals surface area (Å²) in [5.74, 6) is 0.901. The third-order valence-corrected chi connectivity index (χ3v) is 13.9. The molecule has 4 aromatic heterocycles. The average molecular weight is 1200 g/mol. The molecule has 77 heavy (non-hydrogen) atoms. The standard InChI is InChI=1S/C38H30N3O.C27H15F4N2O.Ir/c1-23(2)26-14-10-15-27(24(3)4)35(26)41-34-19-9-8-18-33(34)40-38(41)31-17-11-16-29-30-21-20-28(25-12-6-5-7-13-25)32(22-39)37(30)42-36(29)31;1-15-6-4-9-20(27(29,30)31)24(15)33-22-11-3-2-10-21(22)32-26(33)19-8-5-7-18-17-13-12-16(28)14-23(17)34-25(18)19;/h5-16,18-21,23-24H,1-4H3;2-7,9-14H,1H3;/q2*-1;/i;1D3;. The summed E-state index contributed by atoms with van der Waals surface area (Å²) in [6, 6.07) is 58.7. The number of imidazole rings is 2. The van der Waals surface area contributed by atoms with Gasteiger partial charge in [0.05, 0.1) is 56.1 Å². The van der Waals surface area contributed by atoms with Crippen LogP contribution < -0.4 is 0 Å². The van der Waals surface area contributed by atoms with E-state index in [-0.39, 0.29) is 48.2 Å². The Morgan fingerprint density at radius 3 is 1.74 bits per heavy atom. The van der Waals surface area contributed by atoms with Gasteiger partial charge >= 0.3 is 6.18 Å². The Labute approximate surface area is 458 Å². The molecule has 0 saturated carbocycles. The Morgan fingerprint density at radius 1 is 0.597 bits per heavy atom. The van der Waals surface area contributed by atoms with Gasteiger partial charge in [-0.1, -0.05) is 147 Å². The fourth-order valence-electron chi connectivity index (χ4n) is 10.4. The third-order valence-electron chi connectivity index (χ3n) is 13.9. The summed E-state index contributed by atoms with van der Waals surface area (Å²) < 4.78 is 96.8. The van der Waals surface area contributed by atoms with Crippen molar-refractivity contribution < 1.29 is 50.6 Å². The van der Waals surface area contributed by atoms with Crippen LogP contribution in [0.5, 0.6) is 0 Å². The summed E-state index contributed by atoms with van der Waals surface area (Å²) in [7, 11) is 0. The van der Waals surface area contributed by atoms with E-state index in [1.165, 1.54) is 27.8 Å². The van der Waals surface area contributed by atoms with E-state index in [9.17, 15) is 22.8 Å². The van der Waals surface area contributed by atoms with E-state index in [2.05, 4.69) is 97.9 Å². The van der Waals surface area contributed by atoms with Gasteiger partial charge in [-0.05, 0) is 83.4 Å². The SMILES string of the molecule is CC(C)c1cccc(C(C)C)c1-n1c(-c2[c-]ccc3c2oc2c(C#N)c(-c4ccccc4)ccc23)nc2ccccc21.[2H]C([2H])([2H])c1cccc(C(F)(F)F)c1-n1c(-c2[c-]ccc3c2oc2cc(F)ccc23)nc2ccccc21.[Ir]. The molecular weight excluding hydrogens is 1150 g/mol. The first-order valence-corrected chi connectivity index (χ1v) is 24.7. The average Bonchev–Trinajstić information content (AvgIpc) is 4.42. The van der Waals surface area contributed by atoms with E-state index in [0.29, 0.717) is 44.9 Å². The van der Waals surface area contributed by atoms with Gasteiger partial charge in [0.25, 0.3) is 0 Å². The van der Waals surface area contributed by atoms with Crippen LogP contribution >= 0.6 is 0 Å². The molecule has 9 aromatic carbocycles. The molecule has 0 saturated heterocycles. The minimum Gasteiger partial charge on any atom is -0.500 e. The van der Waals surface area contributed by atoms with Crippen LogP contribution in [0.3, 0.4) is 0 Å². The number of rotatable bonds is 7. The summed E-state index contributed by atoms with van der Waals surface area (Å²) in [5, 5.41) is 13.3. The molecule has 1 radical (unpaired) electrons. The molecule has 0 bridgehead atoms. The van der Waals surface area contributed by atoms with Crippen molar-refractivity contribution in [2.24, 2.45) is 0 Å². The molecule has 0 spiro atoms. The Bertz CT molecular complexity index is 4530. The molecule has 4 heterocycles. The molecule has 0 unspecified atom stereocenters. The number of nitriles is 1. The van der Waals surface area contributed by atoms with Gasteiger partial charge in [0.15, 0.2) is 0 Å². The number of hydrogen-bond acceptors (Lipinski definition) is 5. The Balaban J connectivity index is 0.000000168. The zero-order chi connectivity index (χ0) is 55.1. The summed E-state index contributed by atoms with van der Waals surface area (Å²) >= 11 is 0. The smallest absolute Gasteiger partial charge is 0.418 e. The predicted molar refractivity (Wildman–Crippen MR) is 293 cm³/mol. The maximum atomic E-state index is 14.3. The number of fused-ring (bicyclic) bond motifs is 8. The topological polar surface area (TPSA) is 85.7 Å². The van der Waals surface area contributed by atoms with E-state index in [0.717, 1.165) is 68.2 Å². The van der Waals surface area contributed by atoms with E-state index < -0.39 is 35.7 Å². The quantitative estimate of drug-likeness (QED) is 0.117. The second-order valence-electron chi connectivity index (χ2n) is 19.2. The Kier molecular flexibility index (Phi) is 12.1. The second kappa shape index (κ2) is 19.8. The number of furan rings is 2. The zero-order valence-electron chi connectivity index (χ0n) is 44.7. The van der Waals surface area contributed by atoms with Crippen LogP contribution in [-0.4, -0.2) is 19.1 Å². The summed E-state index contributed by atoms with van der Waals surface area (Å²) in [6.45, 7) is 6.10. The fraction of sp³-hybridized carbons (Fsp3) is 0.123. The van der Waals surface area contributed by atoms with E-state index in [4.69, 9.17) is 17.9 Å². The molecule has 0 aliphatic heterocycles. The van der Waals surface area contributed by atoms with Crippen molar-refractivity contribution in [3.8, 4) is 51.3 Å². The van der Waals surface area contributed by atoms with Gasteiger partial charge in [0.2, 0.25) is 0 Å². The van der Waals surface area contributed by atoms with Crippen LogP contribution in [0.2, 0.25) is 0 Å². The first-order chi connectivity index (χ1) is 38.0. The van der Waals surface area contributed by atoms with Crippen molar-refractivity contribution in [3.63, 3.8) is 0 Å². The van der Waals surface area contributed by atoms with Gasteiger partial charge in [-0.3, -0.25) is 9.97 Å². The number of alkyl halides is 3. The molecule has 0 fully saturated rings. The van der Waals surface area contributed by atoms with Gasteiger partial charge in [-0.2, -0.15) is 18.4 Å². The molecule has 12 heteroatoms. The van der Waals surface area contributed by atoms with Crippen molar-refractivity contribution >= 4 is 65.9 Å². The van der Waals surface area contributed by atoms with Crippen LogP contribution in [0.25, 0.3) is 111 Å². The van der Waals surface area contributed by atoms with Crippen molar-refractivity contribution in [3.05, 3.63) is 216 Å². The Hall–Kier alpha value is -8.62. The number of halogens is 4. The maximum Gasteiger partial charge on any atom is 0.418 e. The third kappa shape index (κ3) is 8.56. The van der Waals surface area contributed by atoms with Crippen LogP contribution in [0.1, 0.15) is 71.5 Å². The number of nitrogens with zero attached hydrogens (tertiary/aromatic N) is 5. The van der Waals surface area contributed by atoms with E-state index >= 15 is 0 Å².